The Morgan fingerprint density at radius 1 is 1.54 bits per heavy atom. The van der Waals surface area contributed by atoms with Gasteiger partial charge >= 0.3 is 5.97 Å². The maximum atomic E-state index is 10.7. The SMILES string of the molecule is CCCC(C)CNC(C)(C)C(=O)O. The Balaban J connectivity index is 3.80. The molecule has 0 aromatic rings. The molecule has 3 nitrogen and oxygen atoms in total. The topological polar surface area (TPSA) is 49.3 Å². The van der Waals surface area contributed by atoms with Crippen molar-refractivity contribution < 1.29 is 9.90 Å². The summed E-state index contributed by atoms with van der Waals surface area (Å²) in [5, 5.41) is 11.9. The summed E-state index contributed by atoms with van der Waals surface area (Å²) in [4.78, 5) is 10.7. The van der Waals surface area contributed by atoms with E-state index in [4.69, 9.17) is 5.11 Å². The van der Waals surface area contributed by atoms with E-state index in [2.05, 4.69) is 19.2 Å². The second-order valence-corrected chi connectivity index (χ2v) is 4.20. The summed E-state index contributed by atoms with van der Waals surface area (Å²) in [7, 11) is 0. The van der Waals surface area contributed by atoms with Crippen LogP contribution in [0.4, 0.5) is 0 Å². The average Bonchev–Trinajstić information content (AvgIpc) is 2.01. The molecule has 78 valence electrons. The van der Waals surface area contributed by atoms with Crippen molar-refractivity contribution in [3.63, 3.8) is 0 Å². The Kier molecular flexibility index (Phi) is 4.99. The summed E-state index contributed by atoms with van der Waals surface area (Å²) >= 11 is 0. The maximum absolute atomic E-state index is 10.7. The number of aliphatic carboxylic acids is 1. The highest BCUT2D eigenvalue weighted by Gasteiger charge is 2.26. The molecule has 0 fully saturated rings. The zero-order valence-electron chi connectivity index (χ0n) is 9.05. The first kappa shape index (κ1) is 12.4. The van der Waals surface area contributed by atoms with Crippen LogP contribution in [-0.4, -0.2) is 23.2 Å². The first-order chi connectivity index (χ1) is 5.90. The molecule has 0 rings (SSSR count). The Morgan fingerprint density at radius 3 is 2.46 bits per heavy atom. The molecule has 2 N–H and O–H groups in total. The second kappa shape index (κ2) is 5.22. The molecule has 0 saturated heterocycles. The van der Waals surface area contributed by atoms with Crippen LogP contribution >= 0.6 is 0 Å². The van der Waals surface area contributed by atoms with E-state index < -0.39 is 11.5 Å². The van der Waals surface area contributed by atoms with Crippen molar-refractivity contribution in [3.05, 3.63) is 0 Å². The van der Waals surface area contributed by atoms with Gasteiger partial charge < -0.3 is 10.4 Å². The van der Waals surface area contributed by atoms with Crippen molar-refractivity contribution in [2.45, 2.75) is 46.1 Å². The van der Waals surface area contributed by atoms with Gasteiger partial charge in [-0.1, -0.05) is 20.3 Å². The fourth-order valence-corrected chi connectivity index (χ4v) is 1.10. The van der Waals surface area contributed by atoms with Crippen LogP contribution in [0.5, 0.6) is 0 Å². The molecule has 1 unspecified atom stereocenters. The summed E-state index contributed by atoms with van der Waals surface area (Å²) < 4.78 is 0. The number of nitrogens with one attached hydrogen (secondary N) is 1. The van der Waals surface area contributed by atoms with E-state index >= 15 is 0 Å². The summed E-state index contributed by atoms with van der Waals surface area (Å²) in [6, 6.07) is 0. The molecule has 1 atom stereocenters. The van der Waals surface area contributed by atoms with E-state index in [-0.39, 0.29) is 0 Å². The number of hydrogen-bond acceptors (Lipinski definition) is 2. The predicted octanol–water partition coefficient (Wildman–Crippen LogP) is 1.88. The smallest absolute Gasteiger partial charge is 0.323 e. The van der Waals surface area contributed by atoms with Gasteiger partial charge in [0.2, 0.25) is 0 Å². The summed E-state index contributed by atoms with van der Waals surface area (Å²) in [5.74, 6) is -0.250. The van der Waals surface area contributed by atoms with E-state index in [1.165, 1.54) is 0 Å². The van der Waals surface area contributed by atoms with Gasteiger partial charge in [0, 0.05) is 0 Å². The molecular formula is C10H21NO2. The minimum atomic E-state index is -0.804. The molecule has 13 heavy (non-hydrogen) atoms. The Labute approximate surface area is 80.5 Å². The van der Waals surface area contributed by atoms with Gasteiger partial charge in [-0.25, -0.2) is 0 Å². The molecular weight excluding hydrogens is 166 g/mol. The molecule has 3 heteroatoms. The van der Waals surface area contributed by atoms with Crippen LogP contribution in [0.1, 0.15) is 40.5 Å². The molecule has 0 bridgehead atoms. The number of hydrogen-bond donors (Lipinski definition) is 2. The molecule has 0 aliphatic carbocycles. The average molecular weight is 187 g/mol. The number of rotatable bonds is 6. The fourth-order valence-electron chi connectivity index (χ4n) is 1.10. The predicted molar refractivity (Wildman–Crippen MR) is 53.8 cm³/mol. The lowest BCUT2D eigenvalue weighted by Crippen LogP contribution is -2.48. The van der Waals surface area contributed by atoms with Crippen molar-refractivity contribution in [2.75, 3.05) is 6.54 Å². The largest absolute Gasteiger partial charge is 0.480 e. The molecule has 0 aromatic heterocycles. The summed E-state index contributed by atoms with van der Waals surface area (Å²) in [5.41, 5.74) is -0.804. The third-order valence-corrected chi connectivity index (χ3v) is 2.21. The van der Waals surface area contributed by atoms with E-state index in [1.54, 1.807) is 13.8 Å². The highest BCUT2D eigenvalue weighted by molar-refractivity contribution is 5.77. The van der Waals surface area contributed by atoms with E-state index in [0.29, 0.717) is 5.92 Å². The molecule has 0 aromatic carbocycles. The Hall–Kier alpha value is -0.570. The van der Waals surface area contributed by atoms with E-state index in [9.17, 15) is 4.79 Å². The highest BCUT2D eigenvalue weighted by atomic mass is 16.4. The molecule has 0 aliphatic rings. The minimum Gasteiger partial charge on any atom is -0.480 e. The van der Waals surface area contributed by atoms with Crippen molar-refractivity contribution in [1.82, 2.24) is 5.32 Å². The maximum Gasteiger partial charge on any atom is 0.323 e. The highest BCUT2D eigenvalue weighted by Crippen LogP contribution is 2.07. The monoisotopic (exact) mass is 187 g/mol. The van der Waals surface area contributed by atoms with Crippen molar-refractivity contribution in [1.29, 1.82) is 0 Å². The number of carboxylic acids is 1. The van der Waals surface area contributed by atoms with Crippen LogP contribution in [0.15, 0.2) is 0 Å². The van der Waals surface area contributed by atoms with Crippen LogP contribution in [0.3, 0.4) is 0 Å². The van der Waals surface area contributed by atoms with Gasteiger partial charge in [0.25, 0.3) is 0 Å². The first-order valence-electron chi connectivity index (χ1n) is 4.88. The first-order valence-corrected chi connectivity index (χ1v) is 4.88. The van der Waals surface area contributed by atoms with Gasteiger partial charge in [0.1, 0.15) is 5.54 Å². The van der Waals surface area contributed by atoms with Gasteiger partial charge in [-0.05, 0) is 32.7 Å². The van der Waals surface area contributed by atoms with E-state index in [1.807, 2.05) is 0 Å². The zero-order valence-corrected chi connectivity index (χ0v) is 9.05. The standard InChI is InChI=1S/C10H21NO2/c1-5-6-8(2)7-11-10(3,4)9(12)13/h8,11H,5-7H2,1-4H3,(H,12,13). The van der Waals surface area contributed by atoms with Gasteiger partial charge in [-0.3, -0.25) is 4.79 Å². The third-order valence-electron chi connectivity index (χ3n) is 2.21. The zero-order chi connectivity index (χ0) is 10.5. The van der Waals surface area contributed by atoms with Gasteiger partial charge in [-0.15, -0.1) is 0 Å². The van der Waals surface area contributed by atoms with Crippen molar-refractivity contribution >= 4 is 5.97 Å². The number of carbonyl (C=O) groups is 1. The Morgan fingerprint density at radius 2 is 2.08 bits per heavy atom. The normalized spacial score (nSPS) is 14.2. The summed E-state index contributed by atoms with van der Waals surface area (Å²) in [6.07, 6.45) is 2.29. The third kappa shape index (κ3) is 4.88. The van der Waals surface area contributed by atoms with Crippen molar-refractivity contribution in [3.8, 4) is 0 Å². The minimum absolute atomic E-state index is 0.545. The van der Waals surface area contributed by atoms with Crippen molar-refractivity contribution in [2.24, 2.45) is 5.92 Å². The lowest BCUT2D eigenvalue weighted by molar-refractivity contribution is -0.143. The summed E-state index contributed by atoms with van der Waals surface area (Å²) in [6.45, 7) is 8.42. The van der Waals surface area contributed by atoms with Crippen LogP contribution in [0.2, 0.25) is 0 Å². The van der Waals surface area contributed by atoms with Crippen LogP contribution < -0.4 is 5.32 Å². The molecule has 0 saturated carbocycles. The lowest BCUT2D eigenvalue weighted by atomic mass is 10.0. The van der Waals surface area contributed by atoms with Gasteiger partial charge in [-0.2, -0.15) is 0 Å². The quantitative estimate of drug-likeness (QED) is 0.667. The second-order valence-electron chi connectivity index (χ2n) is 4.20. The molecule has 0 aliphatic heterocycles. The van der Waals surface area contributed by atoms with Crippen LogP contribution in [-0.2, 0) is 4.79 Å². The lowest BCUT2D eigenvalue weighted by Gasteiger charge is -2.23. The Bertz CT molecular complexity index is 166. The van der Waals surface area contributed by atoms with Gasteiger partial charge in [0.05, 0.1) is 0 Å². The number of carboxylic acid groups (broad SMARTS) is 1. The fraction of sp³-hybridized carbons (Fsp3) is 0.900. The molecule has 0 spiro atoms. The van der Waals surface area contributed by atoms with Crippen LogP contribution in [0.25, 0.3) is 0 Å². The van der Waals surface area contributed by atoms with Gasteiger partial charge in [0.15, 0.2) is 0 Å². The molecule has 0 heterocycles. The molecule has 0 radical (unpaired) electrons. The molecule has 0 amide bonds. The van der Waals surface area contributed by atoms with E-state index in [0.717, 1.165) is 19.4 Å². The van der Waals surface area contributed by atoms with Crippen LogP contribution in [0, 0.1) is 5.92 Å².